The zero-order valence-electron chi connectivity index (χ0n) is 36.3. The SMILES string of the molecule is CCn1c(-c2cc(N3CCN(C)CC3)cnc2[C@H](C)OC)c2c3cc(ccc31)-c1csc(n1)C[C@H](NC(=O)C1[C@@H](C)[C@H]1C)C(=O)N1N[C@@H](C(=O)OCC(C)(C)C2)C2CC1C2. The van der Waals surface area contributed by atoms with E-state index in [1.54, 1.807) is 12.1 Å². The number of aryl methyl sites for hydroxylation is 1. The third-order valence-corrected chi connectivity index (χ3v) is 15.1. The van der Waals surface area contributed by atoms with Gasteiger partial charge in [-0.05, 0) is 81.7 Å². The number of cyclic esters (lactones) is 1. The summed E-state index contributed by atoms with van der Waals surface area (Å²) >= 11 is 1.50. The summed E-state index contributed by atoms with van der Waals surface area (Å²) in [6, 6.07) is 7.36. The Bertz CT molecular complexity index is 2300. The minimum atomic E-state index is -0.829. The zero-order chi connectivity index (χ0) is 42.2. The molecule has 320 valence electrons. The van der Waals surface area contributed by atoms with Gasteiger partial charge in [0.2, 0.25) is 5.91 Å². The van der Waals surface area contributed by atoms with Crippen molar-refractivity contribution in [3.05, 3.63) is 52.1 Å². The summed E-state index contributed by atoms with van der Waals surface area (Å²) in [7, 11) is 3.90. The van der Waals surface area contributed by atoms with Crippen LogP contribution in [-0.2, 0) is 43.2 Å². The Balaban J connectivity index is 1.17. The number of hydrazine groups is 1. The van der Waals surface area contributed by atoms with E-state index in [1.165, 1.54) is 11.3 Å². The number of benzene rings is 1. The number of nitrogens with zero attached hydrogens (tertiary/aromatic N) is 6. The van der Waals surface area contributed by atoms with Gasteiger partial charge in [-0.3, -0.25) is 24.4 Å². The molecule has 4 aromatic rings. The van der Waals surface area contributed by atoms with Gasteiger partial charge in [-0.25, -0.2) is 10.4 Å². The molecule has 13 nitrogen and oxygen atoms in total. The second kappa shape index (κ2) is 15.8. The maximum atomic E-state index is 14.4. The van der Waals surface area contributed by atoms with E-state index in [2.05, 4.69) is 103 Å². The van der Waals surface area contributed by atoms with Crippen LogP contribution in [0.5, 0.6) is 0 Å². The molecule has 2 aliphatic carbocycles. The van der Waals surface area contributed by atoms with Crippen molar-refractivity contribution in [1.29, 1.82) is 0 Å². The number of methoxy groups -OCH3 is 1. The van der Waals surface area contributed by atoms with E-state index < -0.39 is 17.5 Å². The monoisotopic (exact) mass is 836 g/mol. The van der Waals surface area contributed by atoms with Gasteiger partial charge in [0.05, 0.1) is 46.7 Å². The summed E-state index contributed by atoms with van der Waals surface area (Å²) in [5.41, 5.74) is 11.0. The predicted molar refractivity (Wildman–Crippen MR) is 233 cm³/mol. The first-order valence-corrected chi connectivity index (χ1v) is 22.8. The topological polar surface area (TPSA) is 134 Å². The Morgan fingerprint density at radius 2 is 1.87 bits per heavy atom. The molecule has 5 fully saturated rings. The van der Waals surface area contributed by atoms with Crippen molar-refractivity contribution in [2.75, 3.05) is 51.8 Å². The van der Waals surface area contributed by atoms with Crippen LogP contribution in [0.2, 0.25) is 0 Å². The van der Waals surface area contributed by atoms with Gasteiger partial charge < -0.3 is 29.2 Å². The van der Waals surface area contributed by atoms with E-state index in [0.29, 0.717) is 19.3 Å². The number of rotatable bonds is 7. The van der Waals surface area contributed by atoms with Crippen LogP contribution in [0.1, 0.15) is 76.8 Å². The van der Waals surface area contributed by atoms with E-state index in [1.807, 2.05) is 6.20 Å². The highest BCUT2D eigenvalue weighted by molar-refractivity contribution is 7.10. The molecule has 4 aliphatic heterocycles. The Kier molecular flexibility index (Phi) is 10.8. The summed E-state index contributed by atoms with van der Waals surface area (Å²) < 4.78 is 14.6. The minimum absolute atomic E-state index is 0.0419. The molecule has 6 atom stereocenters. The van der Waals surface area contributed by atoms with Gasteiger partial charge in [-0.1, -0.05) is 33.8 Å². The van der Waals surface area contributed by atoms with E-state index in [9.17, 15) is 14.4 Å². The number of hydrogen-bond donors (Lipinski definition) is 2. The lowest BCUT2D eigenvalue weighted by Crippen LogP contribution is -2.71. The highest BCUT2D eigenvalue weighted by Gasteiger charge is 2.53. The average molecular weight is 837 g/mol. The van der Waals surface area contributed by atoms with Crippen LogP contribution in [0, 0.1) is 29.1 Å². The number of nitrogens with one attached hydrogen (secondary N) is 2. The highest BCUT2D eigenvalue weighted by Crippen LogP contribution is 2.46. The van der Waals surface area contributed by atoms with Crippen LogP contribution in [0.25, 0.3) is 33.4 Å². The van der Waals surface area contributed by atoms with Crippen molar-refractivity contribution < 1.29 is 23.9 Å². The summed E-state index contributed by atoms with van der Waals surface area (Å²) in [6.45, 7) is 17.4. The number of ether oxygens (including phenoxy) is 2. The number of carbonyl (C=O) groups excluding carboxylic acids is 3. The number of aromatic nitrogens is 3. The summed E-state index contributed by atoms with van der Waals surface area (Å²) in [5, 5.41) is 8.67. The first-order valence-electron chi connectivity index (χ1n) is 21.9. The third kappa shape index (κ3) is 7.41. The lowest BCUT2D eigenvalue weighted by molar-refractivity contribution is -0.171. The smallest absolute Gasteiger partial charge is 0.325 e. The van der Waals surface area contributed by atoms with Gasteiger partial charge in [-0.2, -0.15) is 0 Å². The fourth-order valence-corrected chi connectivity index (χ4v) is 10.9. The number of thiazole rings is 1. The highest BCUT2D eigenvalue weighted by atomic mass is 32.1. The van der Waals surface area contributed by atoms with Gasteiger partial charge in [0.1, 0.15) is 12.1 Å². The second-order valence-electron chi connectivity index (χ2n) is 18.9. The summed E-state index contributed by atoms with van der Waals surface area (Å²) in [6.07, 6.45) is 4.05. The molecule has 8 bridgehead atoms. The van der Waals surface area contributed by atoms with E-state index in [4.69, 9.17) is 19.4 Å². The van der Waals surface area contributed by atoms with Crippen molar-refractivity contribution in [3.8, 4) is 22.5 Å². The van der Waals surface area contributed by atoms with Gasteiger partial charge in [0.25, 0.3) is 5.91 Å². The number of likely N-dealkylation sites (N-methyl/N-ethyl adjacent to an activating group) is 1. The van der Waals surface area contributed by atoms with Gasteiger partial charge >= 0.3 is 5.97 Å². The third-order valence-electron chi connectivity index (χ3n) is 14.2. The molecule has 2 saturated carbocycles. The van der Waals surface area contributed by atoms with Crippen LogP contribution < -0.4 is 15.6 Å². The van der Waals surface area contributed by atoms with Crippen LogP contribution >= 0.6 is 11.3 Å². The molecule has 6 aliphatic rings. The first kappa shape index (κ1) is 41.0. The van der Waals surface area contributed by atoms with Crippen molar-refractivity contribution in [1.82, 2.24) is 35.2 Å². The summed E-state index contributed by atoms with van der Waals surface area (Å²) in [5.74, 6) is -0.195. The van der Waals surface area contributed by atoms with Gasteiger partial charge in [0.15, 0.2) is 0 Å². The molecular weight excluding hydrogens is 777 g/mol. The Morgan fingerprint density at radius 3 is 2.57 bits per heavy atom. The van der Waals surface area contributed by atoms with E-state index in [-0.39, 0.29) is 66.6 Å². The van der Waals surface area contributed by atoms with Crippen molar-refractivity contribution in [2.24, 2.45) is 29.1 Å². The fraction of sp³-hybridized carbons (Fsp3) is 0.587. The number of carbonyl (C=O) groups is 3. The van der Waals surface area contributed by atoms with Crippen LogP contribution in [0.15, 0.2) is 35.8 Å². The Morgan fingerprint density at radius 1 is 1.12 bits per heavy atom. The Labute approximate surface area is 357 Å². The molecule has 3 aromatic heterocycles. The van der Waals surface area contributed by atoms with Crippen LogP contribution in [-0.4, -0.2) is 107 Å². The van der Waals surface area contributed by atoms with Crippen molar-refractivity contribution in [2.45, 2.75) is 98.0 Å². The summed E-state index contributed by atoms with van der Waals surface area (Å²) in [4.78, 5) is 57.1. The number of hydrogen-bond acceptors (Lipinski definition) is 11. The average Bonchev–Trinajstić information content (AvgIpc) is 3.50. The fourth-order valence-electron chi connectivity index (χ4n) is 10.1. The molecule has 0 spiro atoms. The molecule has 1 aromatic carbocycles. The molecule has 10 rings (SSSR count). The lowest BCUT2D eigenvalue weighted by atomic mass is 9.73. The Hall–Kier alpha value is -4.37. The number of pyridine rings is 1. The first-order chi connectivity index (χ1) is 28.7. The number of anilines is 1. The maximum absolute atomic E-state index is 14.4. The maximum Gasteiger partial charge on any atom is 0.325 e. The molecule has 14 heteroatoms. The molecular formula is C46H60N8O5S. The normalized spacial score (nSPS) is 28.5. The molecule has 2 amide bonds. The predicted octanol–water partition coefficient (Wildman–Crippen LogP) is 5.85. The number of piperazine rings is 1. The second-order valence-corrected chi connectivity index (χ2v) is 19.8. The zero-order valence-corrected chi connectivity index (χ0v) is 37.1. The molecule has 7 heterocycles. The standard InChI is InChI=1S/C46H60N8O5S/c1-9-53-37-11-10-28-18-32(37)34(42(53)33-19-31(22-47-40(33)27(4)58-8)52-14-12-51(7)13-15-52)21-46(5,6)24-59-45(57)41-29-16-30(17-29)54(50-41)44(56)35(20-38-48-36(28)23-60-38)49-43(55)39-25(2)26(39)3/h10-11,18-19,22-23,25-27,29-30,35,39,41,50H,9,12-17,20-21,24H2,1-8H3,(H,49,55)/t25-,26+,27-,29?,30?,35-,39?,41+/m0/s1. The molecule has 0 radical (unpaired) electrons. The van der Waals surface area contributed by atoms with Crippen LogP contribution in [0.4, 0.5) is 5.69 Å². The van der Waals surface area contributed by atoms with Crippen molar-refractivity contribution in [3.63, 3.8) is 0 Å². The van der Waals surface area contributed by atoms with Crippen molar-refractivity contribution >= 4 is 45.7 Å². The molecule has 2 N–H and O–H groups in total. The van der Waals surface area contributed by atoms with E-state index in [0.717, 1.165) is 88.1 Å². The van der Waals surface area contributed by atoms with Crippen LogP contribution in [0.3, 0.4) is 0 Å². The number of fused-ring (bicyclic) bond motifs is 4. The quantitative estimate of drug-likeness (QED) is 0.219. The number of esters is 1. The largest absolute Gasteiger partial charge is 0.464 e. The van der Waals surface area contributed by atoms with Gasteiger partial charge in [-0.15, -0.1) is 11.3 Å². The lowest BCUT2D eigenvalue weighted by Gasteiger charge is -2.53. The van der Waals surface area contributed by atoms with Gasteiger partial charge in [0, 0.05) is 91.0 Å². The van der Waals surface area contributed by atoms with E-state index >= 15 is 0 Å². The minimum Gasteiger partial charge on any atom is -0.464 e. The molecule has 1 unspecified atom stereocenters. The molecule has 60 heavy (non-hydrogen) atoms. The number of amides is 2. The molecule has 3 saturated heterocycles.